The number of nitriles is 1. The van der Waals surface area contributed by atoms with E-state index < -0.39 is 0 Å². The van der Waals surface area contributed by atoms with Crippen LogP contribution in [0.4, 0.5) is 11.9 Å². The number of aromatic nitrogens is 3. The van der Waals surface area contributed by atoms with E-state index in [1.165, 1.54) is 11.8 Å². The van der Waals surface area contributed by atoms with Crippen molar-refractivity contribution in [3.8, 4) is 6.07 Å². The molecule has 0 aliphatic rings. The van der Waals surface area contributed by atoms with Gasteiger partial charge in [0.2, 0.25) is 11.9 Å². The normalized spacial score (nSPS) is 11.6. The average Bonchev–Trinajstić information content (AvgIpc) is 2.35. The highest BCUT2D eigenvalue weighted by molar-refractivity contribution is 7.98. The van der Waals surface area contributed by atoms with Crippen LogP contribution in [0.5, 0.6) is 0 Å². The fraction of sp³-hybridized carbons (Fsp3) is 0.556. The predicted molar refractivity (Wildman–Crippen MR) is 64.4 cm³/mol. The topological polar surface area (TPSA) is 86.5 Å². The van der Waals surface area contributed by atoms with Gasteiger partial charge in [-0.1, -0.05) is 11.8 Å². The Morgan fingerprint density at radius 2 is 2.06 bits per heavy atom. The monoisotopic (exact) mass is 238 g/mol. The quantitative estimate of drug-likeness (QED) is 0.745. The molecule has 0 saturated heterocycles. The lowest BCUT2D eigenvalue weighted by Gasteiger charge is -2.08. The molecular weight excluding hydrogens is 224 g/mol. The van der Waals surface area contributed by atoms with Gasteiger partial charge in [-0.2, -0.15) is 20.2 Å². The van der Waals surface area contributed by atoms with E-state index >= 15 is 0 Å². The van der Waals surface area contributed by atoms with Crippen LogP contribution in [0, 0.1) is 17.2 Å². The molecule has 0 amide bonds. The van der Waals surface area contributed by atoms with E-state index in [2.05, 4.69) is 31.7 Å². The van der Waals surface area contributed by atoms with Crippen LogP contribution in [0.3, 0.4) is 0 Å². The number of hydrogen-bond donors (Lipinski definition) is 2. The Kier molecular flexibility index (Phi) is 4.79. The van der Waals surface area contributed by atoms with E-state index in [1.807, 2.05) is 13.2 Å². The van der Waals surface area contributed by atoms with Crippen molar-refractivity contribution in [3.63, 3.8) is 0 Å². The van der Waals surface area contributed by atoms with Gasteiger partial charge in [0, 0.05) is 13.6 Å². The molecule has 1 unspecified atom stereocenters. The molecular formula is C9H14N6S. The first-order valence-corrected chi connectivity index (χ1v) is 6.03. The minimum atomic E-state index is -0.0764. The summed E-state index contributed by atoms with van der Waals surface area (Å²) in [6.07, 6.45) is 1.90. The van der Waals surface area contributed by atoms with Crippen molar-refractivity contribution in [1.29, 1.82) is 5.26 Å². The molecule has 1 atom stereocenters. The van der Waals surface area contributed by atoms with Gasteiger partial charge in [0.15, 0.2) is 5.16 Å². The molecule has 0 aliphatic heterocycles. The third kappa shape index (κ3) is 3.55. The molecule has 1 aromatic rings. The van der Waals surface area contributed by atoms with E-state index in [4.69, 9.17) is 5.26 Å². The second-order valence-corrected chi connectivity index (χ2v) is 3.90. The maximum Gasteiger partial charge on any atom is 0.228 e. The van der Waals surface area contributed by atoms with Gasteiger partial charge in [0.1, 0.15) is 0 Å². The van der Waals surface area contributed by atoms with E-state index in [0.717, 1.165) is 0 Å². The van der Waals surface area contributed by atoms with E-state index in [9.17, 15) is 0 Å². The lowest BCUT2D eigenvalue weighted by molar-refractivity contribution is 0.771. The Hall–Kier alpha value is -1.55. The minimum absolute atomic E-state index is 0.0764. The summed E-state index contributed by atoms with van der Waals surface area (Å²) in [7, 11) is 1.75. The van der Waals surface area contributed by atoms with Gasteiger partial charge in [0.05, 0.1) is 12.0 Å². The lowest BCUT2D eigenvalue weighted by atomic mass is 10.2. The number of rotatable bonds is 5. The molecule has 0 radical (unpaired) electrons. The smallest absolute Gasteiger partial charge is 0.228 e. The molecule has 1 heterocycles. The molecule has 1 aromatic heterocycles. The first kappa shape index (κ1) is 12.5. The van der Waals surface area contributed by atoms with Gasteiger partial charge < -0.3 is 10.6 Å². The third-order valence-electron chi connectivity index (χ3n) is 1.81. The van der Waals surface area contributed by atoms with Crippen LogP contribution in [-0.2, 0) is 0 Å². The first-order chi connectivity index (χ1) is 7.69. The average molecular weight is 238 g/mol. The highest BCUT2D eigenvalue weighted by Gasteiger charge is 2.05. The molecule has 86 valence electrons. The summed E-state index contributed by atoms with van der Waals surface area (Å²) in [5.74, 6) is 0.935. The fourth-order valence-electron chi connectivity index (χ4n) is 0.929. The fourth-order valence-corrected chi connectivity index (χ4v) is 1.28. The van der Waals surface area contributed by atoms with Gasteiger partial charge >= 0.3 is 0 Å². The molecule has 0 aromatic carbocycles. The summed E-state index contributed by atoms with van der Waals surface area (Å²) >= 11 is 1.45. The SMILES string of the molecule is CNc1nc(NCC(C)C#N)nc(SC)n1. The summed E-state index contributed by atoms with van der Waals surface area (Å²) < 4.78 is 0. The molecule has 1 rings (SSSR count). The van der Waals surface area contributed by atoms with Gasteiger partial charge in [-0.3, -0.25) is 0 Å². The summed E-state index contributed by atoms with van der Waals surface area (Å²) in [5, 5.41) is 15.2. The number of hydrogen-bond acceptors (Lipinski definition) is 7. The summed E-state index contributed by atoms with van der Waals surface area (Å²) in [6.45, 7) is 2.36. The van der Waals surface area contributed by atoms with Crippen molar-refractivity contribution in [1.82, 2.24) is 15.0 Å². The van der Waals surface area contributed by atoms with Crippen molar-refractivity contribution < 1.29 is 0 Å². The van der Waals surface area contributed by atoms with Crippen LogP contribution in [-0.4, -0.2) is 34.8 Å². The van der Waals surface area contributed by atoms with Gasteiger partial charge in [-0.15, -0.1) is 0 Å². The molecule has 16 heavy (non-hydrogen) atoms. The Labute approximate surface area is 98.9 Å². The second kappa shape index (κ2) is 6.12. The number of nitrogens with one attached hydrogen (secondary N) is 2. The molecule has 0 spiro atoms. The van der Waals surface area contributed by atoms with Gasteiger partial charge in [-0.05, 0) is 13.2 Å². The van der Waals surface area contributed by atoms with Crippen molar-refractivity contribution in [2.75, 3.05) is 30.5 Å². The number of nitrogens with zero attached hydrogens (tertiary/aromatic N) is 4. The molecule has 2 N–H and O–H groups in total. The Morgan fingerprint density at radius 3 is 2.62 bits per heavy atom. The molecule has 0 aliphatic carbocycles. The predicted octanol–water partition coefficient (Wildman–Crippen LogP) is 1.21. The van der Waals surface area contributed by atoms with Crippen LogP contribution in [0.2, 0.25) is 0 Å². The zero-order valence-corrected chi connectivity index (χ0v) is 10.3. The maximum absolute atomic E-state index is 8.65. The van der Waals surface area contributed by atoms with Crippen LogP contribution < -0.4 is 10.6 Å². The van der Waals surface area contributed by atoms with Crippen molar-refractivity contribution in [2.45, 2.75) is 12.1 Å². The van der Waals surface area contributed by atoms with Gasteiger partial charge in [0.25, 0.3) is 0 Å². The molecule has 6 nitrogen and oxygen atoms in total. The van der Waals surface area contributed by atoms with Crippen LogP contribution in [0.15, 0.2) is 5.16 Å². The molecule has 0 bridgehead atoms. The van der Waals surface area contributed by atoms with Crippen LogP contribution >= 0.6 is 11.8 Å². The Bertz CT molecular complexity index is 366. The Morgan fingerprint density at radius 1 is 1.38 bits per heavy atom. The highest BCUT2D eigenvalue weighted by Crippen LogP contribution is 2.13. The first-order valence-electron chi connectivity index (χ1n) is 4.81. The highest BCUT2D eigenvalue weighted by atomic mass is 32.2. The summed E-state index contributed by atoms with van der Waals surface area (Å²) in [6, 6.07) is 2.14. The van der Waals surface area contributed by atoms with Crippen molar-refractivity contribution >= 4 is 23.7 Å². The molecule has 0 saturated carbocycles. The largest absolute Gasteiger partial charge is 0.357 e. The zero-order chi connectivity index (χ0) is 12.0. The second-order valence-electron chi connectivity index (χ2n) is 3.13. The summed E-state index contributed by atoms with van der Waals surface area (Å²) in [5.41, 5.74) is 0. The lowest BCUT2D eigenvalue weighted by Crippen LogP contribution is -2.13. The minimum Gasteiger partial charge on any atom is -0.357 e. The zero-order valence-electron chi connectivity index (χ0n) is 9.48. The standard InChI is InChI=1S/C9H14N6S/c1-6(4-10)5-12-8-13-7(11-2)14-9(15-8)16-3/h6H,5H2,1-3H3,(H2,11,12,13,14,15). The van der Waals surface area contributed by atoms with E-state index in [-0.39, 0.29) is 5.92 Å². The third-order valence-corrected chi connectivity index (χ3v) is 2.36. The van der Waals surface area contributed by atoms with Crippen molar-refractivity contribution in [2.24, 2.45) is 5.92 Å². The molecule has 0 fully saturated rings. The van der Waals surface area contributed by atoms with E-state index in [1.54, 1.807) is 7.05 Å². The van der Waals surface area contributed by atoms with Crippen molar-refractivity contribution in [3.05, 3.63) is 0 Å². The number of thioether (sulfide) groups is 1. The van der Waals surface area contributed by atoms with Crippen LogP contribution in [0.25, 0.3) is 0 Å². The Balaban J connectivity index is 2.75. The maximum atomic E-state index is 8.65. The number of anilines is 2. The van der Waals surface area contributed by atoms with Crippen LogP contribution in [0.1, 0.15) is 6.92 Å². The van der Waals surface area contributed by atoms with E-state index in [0.29, 0.717) is 23.6 Å². The summed E-state index contributed by atoms with van der Waals surface area (Å²) in [4.78, 5) is 12.5. The molecule has 7 heteroatoms. The van der Waals surface area contributed by atoms with Gasteiger partial charge in [-0.25, -0.2) is 0 Å².